The number of aromatic nitrogens is 3. The molecule has 2 aliphatic rings. The average Bonchev–Trinajstić information content (AvgIpc) is 3.13. The van der Waals surface area contributed by atoms with Crippen molar-refractivity contribution >= 4 is 17.8 Å². The number of halogens is 1. The fourth-order valence-corrected chi connectivity index (χ4v) is 4.51. The Hall–Kier alpha value is -3.92. The maximum Gasteiger partial charge on any atom is 0.341 e. The third-order valence-electron chi connectivity index (χ3n) is 6.44. The third kappa shape index (κ3) is 3.75. The lowest BCUT2D eigenvalue weighted by molar-refractivity contribution is -0.144. The van der Waals surface area contributed by atoms with E-state index in [1.165, 1.54) is 37.8 Å². The number of fused-ring (bicyclic) bond motifs is 2. The van der Waals surface area contributed by atoms with Gasteiger partial charge in [0, 0.05) is 42.0 Å². The number of amides is 1. The first-order valence-electron chi connectivity index (χ1n) is 10.7. The van der Waals surface area contributed by atoms with Gasteiger partial charge in [0.15, 0.2) is 0 Å². The van der Waals surface area contributed by atoms with Gasteiger partial charge < -0.3 is 14.6 Å². The van der Waals surface area contributed by atoms with Gasteiger partial charge in [-0.05, 0) is 49.4 Å². The predicted molar refractivity (Wildman–Crippen MR) is 117 cm³/mol. The standard InChI is InChI=1S/C24H21FN4O5/c1-33-17-9-14(8-16(25)10-17)15-11-27-22(28-12-15)29-21(31)23(32)3-5-24(6-4-23)19-2-7-26-13-18(19)20(30)34-24/h2,7-13,32H,3-6H2,1H3,(H,27,28,29,31)/t23-,24-. The molecule has 0 radical (unpaired) electrons. The summed E-state index contributed by atoms with van der Waals surface area (Å²) < 4.78 is 24.5. The molecule has 1 amide bonds. The maximum atomic E-state index is 13.8. The molecule has 9 nitrogen and oxygen atoms in total. The number of rotatable bonds is 4. The van der Waals surface area contributed by atoms with Crippen molar-refractivity contribution < 1.29 is 28.6 Å². The van der Waals surface area contributed by atoms with Crippen molar-refractivity contribution in [2.45, 2.75) is 36.9 Å². The summed E-state index contributed by atoms with van der Waals surface area (Å²) in [5.74, 6) is -1.17. The highest BCUT2D eigenvalue weighted by Crippen LogP contribution is 2.49. The van der Waals surface area contributed by atoms with Crippen LogP contribution < -0.4 is 10.1 Å². The van der Waals surface area contributed by atoms with Crippen molar-refractivity contribution in [3.63, 3.8) is 0 Å². The SMILES string of the molecule is COc1cc(F)cc(-c2cnc(NC(=O)[C@]3(O)CC[C@@]4(CC3)OC(=O)c3cnccc34)nc2)c1. The highest BCUT2D eigenvalue weighted by Gasteiger charge is 2.53. The van der Waals surface area contributed by atoms with Crippen LogP contribution in [0.15, 0.2) is 49.1 Å². The number of methoxy groups -OCH3 is 1. The number of carbonyl (C=O) groups is 2. The van der Waals surface area contributed by atoms with Gasteiger partial charge in [-0.1, -0.05) is 0 Å². The number of nitrogens with one attached hydrogen (secondary N) is 1. The molecule has 1 spiro atoms. The largest absolute Gasteiger partial charge is 0.497 e. The Kier molecular flexibility index (Phi) is 5.24. The fourth-order valence-electron chi connectivity index (χ4n) is 4.51. The lowest BCUT2D eigenvalue weighted by Crippen LogP contribution is -2.49. The van der Waals surface area contributed by atoms with E-state index < -0.39 is 28.9 Å². The van der Waals surface area contributed by atoms with Crippen molar-refractivity contribution in [2.24, 2.45) is 0 Å². The summed E-state index contributed by atoms with van der Waals surface area (Å²) in [6.07, 6.45) is 6.73. The molecular weight excluding hydrogens is 443 g/mol. The molecule has 1 fully saturated rings. The van der Waals surface area contributed by atoms with Crippen LogP contribution in [-0.2, 0) is 15.1 Å². The van der Waals surface area contributed by atoms with E-state index in [4.69, 9.17) is 9.47 Å². The van der Waals surface area contributed by atoms with Crippen molar-refractivity contribution in [2.75, 3.05) is 12.4 Å². The number of ether oxygens (including phenoxy) is 2. The van der Waals surface area contributed by atoms with Crippen LogP contribution in [0.5, 0.6) is 5.75 Å². The second-order valence-corrected chi connectivity index (χ2v) is 8.47. The zero-order chi connectivity index (χ0) is 23.9. The number of carbonyl (C=O) groups excluding carboxylic acids is 2. The molecule has 1 saturated carbocycles. The molecule has 1 aliphatic carbocycles. The molecule has 34 heavy (non-hydrogen) atoms. The molecule has 2 N–H and O–H groups in total. The van der Waals surface area contributed by atoms with Crippen LogP contribution in [0.2, 0.25) is 0 Å². The van der Waals surface area contributed by atoms with E-state index in [9.17, 15) is 19.1 Å². The molecule has 5 rings (SSSR count). The third-order valence-corrected chi connectivity index (χ3v) is 6.44. The molecule has 0 atom stereocenters. The molecule has 0 unspecified atom stereocenters. The van der Waals surface area contributed by atoms with E-state index in [2.05, 4.69) is 20.3 Å². The minimum absolute atomic E-state index is 0.00884. The highest BCUT2D eigenvalue weighted by atomic mass is 19.1. The topological polar surface area (TPSA) is 124 Å². The number of hydrogen-bond acceptors (Lipinski definition) is 8. The van der Waals surface area contributed by atoms with Crippen LogP contribution in [0.25, 0.3) is 11.1 Å². The Balaban J connectivity index is 1.27. The van der Waals surface area contributed by atoms with Gasteiger partial charge in [0.1, 0.15) is 22.8 Å². The Labute approximate surface area is 194 Å². The molecule has 0 bridgehead atoms. The van der Waals surface area contributed by atoms with Crippen molar-refractivity contribution in [3.05, 3.63) is 66.0 Å². The van der Waals surface area contributed by atoms with Gasteiger partial charge in [-0.15, -0.1) is 0 Å². The van der Waals surface area contributed by atoms with Crippen LogP contribution in [0.4, 0.5) is 10.3 Å². The second-order valence-electron chi connectivity index (χ2n) is 8.47. The van der Waals surface area contributed by atoms with Gasteiger partial charge in [-0.2, -0.15) is 0 Å². The molecule has 3 aromatic rings. The first-order chi connectivity index (χ1) is 16.3. The van der Waals surface area contributed by atoms with E-state index in [1.807, 2.05) is 0 Å². The normalized spacial score (nSPS) is 23.3. The molecule has 3 heterocycles. The summed E-state index contributed by atoms with van der Waals surface area (Å²) in [4.78, 5) is 37.3. The maximum absolute atomic E-state index is 13.8. The van der Waals surface area contributed by atoms with Crippen LogP contribution in [0.3, 0.4) is 0 Å². The van der Waals surface area contributed by atoms with E-state index in [0.29, 0.717) is 35.3 Å². The molecule has 174 valence electrons. The number of pyridine rings is 1. The molecular formula is C24H21FN4O5. The molecule has 0 saturated heterocycles. The summed E-state index contributed by atoms with van der Waals surface area (Å²) in [7, 11) is 1.44. The van der Waals surface area contributed by atoms with E-state index in [0.717, 1.165) is 5.56 Å². The lowest BCUT2D eigenvalue weighted by Gasteiger charge is -2.40. The quantitative estimate of drug-likeness (QED) is 0.565. The van der Waals surface area contributed by atoms with E-state index in [1.54, 1.807) is 18.3 Å². The number of benzene rings is 1. The van der Waals surface area contributed by atoms with Crippen LogP contribution in [0.1, 0.15) is 41.6 Å². The zero-order valence-corrected chi connectivity index (χ0v) is 18.2. The Morgan fingerprint density at radius 1 is 1.12 bits per heavy atom. The van der Waals surface area contributed by atoms with E-state index >= 15 is 0 Å². The van der Waals surface area contributed by atoms with Gasteiger partial charge in [-0.3, -0.25) is 15.1 Å². The van der Waals surface area contributed by atoms with E-state index in [-0.39, 0.29) is 18.8 Å². The molecule has 1 aromatic carbocycles. The summed E-state index contributed by atoms with van der Waals surface area (Å²) in [6.45, 7) is 0. The van der Waals surface area contributed by atoms with Gasteiger partial charge in [0.2, 0.25) is 5.95 Å². The fraction of sp³-hybridized carbons (Fsp3) is 0.292. The van der Waals surface area contributed by atoms with Crippen LogP contribution in [-0.4, -0.2) is 44.6 Å². The van der Waals surface area contributed by atoms with Crippen molar-refractivity contribution in [3.8, 4) is 16.9 Å². The first-order valence-corrected chi connectivity index (χ1v) is 10.7. The van der Waals surface area contributed by atoms with Gasteiger partial charge in [0.25, 0.3) is 5.91 Å². The highest BCUT2D eigenvalue weighted by molar-refractivity contribution is 5.96. The number of aliphatic hydroxyl groups is 1. The van der Waals surface area contributed by atoms with Crippen LogP contribution in [0, 0.1) is 5.82 Å². The van der Waals surface area contributed by atoms with Gasteiger partial charge in [0.05, 0.1) is 12.7 Å². The number of hydrogen-bond donors (Lipinski definition) is 2. The smallest absolute Gasteiger partial charge is 0.341 e. The lowest BCUT2D eigenvalue weighted by atomic mass is 9.72. The second kappa shape index (κ2) is 8.14. The first kappa shape index (κ1) is 21.9. The Bertz CT molecular complexity index is 1270. The number of esters is 1. The summed E-state index contributed by atoms with van der Waals surface area (Å²) in [6, 6.07) is 5.97. The summed E-state index contributed by atoms with van der Waals surface area (Å²) >= 11 is 0. The number of anilines is 1. The molecule has 1 aliphatic heterocycles. The Morgan fingerprint density at radius 3 is 2.56 bits per heavy atom. The van der Waals surface area contributed by atoms with Crippen LogP contribution >= 0.6 is 0 Å². The van der Waals surface area contributed by atoms with Gasteiger partial charge in [-0.25, -0.2) is 19.2 Å². The Morgan fingerprint density at radius 2 is 1.85 bits per heavy atom. The summed E-state index contributed by atoms with van der Waals surface area (Å²) in [5, 5.41) is 13.5. The monoisotopic (exact) mass is 464 g/mol. The molecule has 10 heteroatoms. The number of nitrogens with zero attached hydrogens (tertiary/aromatic N) is 3. The average molecular weight is 464 g/mol. The van der Waals surface area contributed by atoms with Crippen molar-refractivity contribution in [1.82, 2.24) is 15.0 Å². The van der Waals surface area contributed by atoms with Gasteiger partial charge >= 0.3 is 5.97 Å². The minimum atomic E-state index is -1.66. The summed E-state index contributed by atoms with van der Waals surface area (Å²) in [5.41, 5.74) is -0.306. The zero-order valence-electron chi connectivity index (χ0n) is 18.2. The minimum Gasteiger partial charge on any atom is -0.497 e. The molecule has 2 aromatic heterocycles. The van der Waals surface area contributed by atoms with Crippen molar-refractivity contribution in [1.29, 1.82) is 0 Å². The predicted octanol–water partition coefficient (Wildman–Crippen LogP) is 3.00.